The standard InChI is InChI=1S/C9H19N3/c1-7-4-3-5-8(6-7)12-9(10)11-2/h7-8H,3-6H2,1-2H3,(H3,10,11,12). The van der Waals surface area contributed by atoms with Crippen LogP contribution in [0.5, 0.6) is 0 Å². The molecule has 0 spiro atoms. The third-order valence-electron chi connectivity index (χ3n) is 2.53. The Bertz CT molecular complexity index is 165. The summed E-state index contributed by atoms with van der Waals surface area (Å²) in [6.45, 7) is 2.30. The van der Waals surface area contributed by atoms with Crippen LogP contribution in [0, 0.1) is 5.92 Å². The molecule has 0 aromatic carbocycles. The molecule has 0 amide bonds. The van der Waals surface area contributed by atoms with Crippen LogP contribution in [0.1, 0.15) is 32.6 Å². The van der Waals surface area contributed by atoms with Crippen LogP contribution in [0.3, 0.4) is 0 Å². The van der Waals surface area contributed by atoms with Crippen LogP contribution in [0.15, 0.2) is 4.99 Å². The number of rotatable bonds is 1. The zero-order valence-corrected chi connectivity index (χ0v) is 8.01. The van der Waals surface area contributed by atoms with E-state index in [2.05, 4.69) is 17.2 Å². The first-order valence-electron chi connectivity index (χ1n) is 4.71. The van der Waals surface area contributed by atoms with Crippen LogP contribution in [-0.4, -0.2) is 19.0 Å². The predicted molar refractivity (Wildman–Crippen MR) is 52.1 cm³/mol. The molecule has 70 valence electrons. The highest BCUT2D eigenvalue weighted by molar-refractivity contribution is 5.77. The van der Waals surface area contributed by atoms with E-state index in [0.717, 1.165) is 5.92 Å². The average molecular weight is 169 g/mol. The Hall–Kier alpha value is -0.730. The molecule has 3 heteroatoms. The smallest absolute Gasteiger partial charge is 0.188 e. The van der Waals surface area contributed by atoms with Gasteiger partial charge in [0.15, 0.2) is 5.96 Å². The Morgan fingerprint density at radius 2 is 2.25 bits per heavy atom. The van der Waals surface area contributed by atoms with E-state index in [-0.39, 0.29) is 0 Å². The number of hydrogen-bond donors (Lipinski definition) is 2. The van der Waals surface area contributed by atoms with Crippen LogP contribution in [0.25, 0.3) is 0 Å². The van der Waals surface area contributed by atoms with E-state index < -0.39 is 0 Å². The lowest BCUT2D eigenvalue weighted by molar-refractivity contribution is 0.325. The van der Waals surface area contributed by atoms with Gasteiger partial charge in [0.2, 0.25) is 0 Å². The van der Waals surface area contributed by atoms with Crippen molar-refractivity contribution in [3.63, 3.8) is 0 Å². The van der Waals surface area contributed by atoms with Gasteiger partial charge in [0.1, 0.15) is 0 Å². The second-order valence-electron chi connectivity index (χ2n) is 3.72. The quantitative estimate of drug-likeness (QED) is 0.456. The number of nitrogens with one attached hydrogen (secondary N) is 1. The molecule has 2 atom stereocenters. The minimum Gasteiger partial charge on any atom is -0.370 e. The lowest BCUT2D eigenvalue weighted by atomic mass is 9.87. The van der Waals surface area contributed by atoms with E-state index in [9.17, 15) is 0 Å². The fourth-order valence-corrected chi connectivity index (χ4v) is 1.84. The third kappa shape index (κ3) is 2.72. The minimum atomic E-state index is 0.553. The van der Waals surface area contributed by atoms with Gasteiger partial charge in [0, 0.05) is 13.1 Å². The second-order valence-corrected chi connectivity index (χ2v) is 3.72. The molecule has 0 aromatic heterocycles. The highest BCUT2D eigenvalue weighted by Crippen LogP contribution is 2.23. The zero-order chi connectivity index (χ0) is 8.97. The molecule has 12 heavy (non-hydrogen) atoms. The van der Waals surface area contributed by atoms with Gasteiger partial charge in [-0.2, -0.15) is 0 Å². The number of aliphatic imine (C=N–C) groups is 1. The summed E-state index contributed by atoms with van der Waals surface area (Å²) in [4.78, 5) is 3.89. The highest BCUT2D eigenvalue weighted by atomic mass is 15.1. The Balaban J connectivity index is 2.32. The van der Waals surface area contributed by atoms with Crippen molar-refractivity contribution in [2.75, 3.05) is 7.05 Å². The van der Waals surface area contributed by atoms with E-state index in [0.29, 0.717) is 12.0 Å². The molecule has 0 saturated heterocycles. The molecule has 0 aromatic rings. The van der Waals surface area contributed by atoms with Crippen LogP contribution >= 0.6 is 0 Å². The van der Waals surface area contributed by atoms with Gasteiger partial charge in [-0.1, -0.05) is 19.8 Å². The highest BCUT2D eigenvalue weighted by Gasteiger charge is 2.18. The van der Waals surface area contributed by atoms with Crippen molar-refractivity contribution in [1.29, 1.82) is 0 Å². The summed E-state index contributed by atoms with van der Waals surface area (Å²) < 4.78 is 0. The van der Waals surface area contributed by atoms with E-state index >= 15 is 0 Å². The molecule has 3 nitrogen and oxygen atoms in total. The maximum absolute atomic E-state index is 5.59. The van der Waals surface area contributed by atoms with E-state index in [1.54, 1.807) is 7.05 Å². The van der Waals surface area contributed by atoms with Gasteiger partial charge >= 0.3 is 0 Å². The Morgan fingerprint density at radius 3 is 2.83 bits per heavy atom. The van der Waals surface area contributed by atoms with Gasteiger partial charge in [0.25, 0.3) is 0 Å². The summed E-state index contributed by atoms with van der Waals surface area (Å²) in [6, 6.07) is 0.553. The number of nitrogens with two attached hydrogens (primary N) is 1. The Morgan fingerprint density at radius 1 is 1.50 bits per heavy atom. The van der Waals surface area contributed by atoms with Crippen molar-refractivity contribution in [3.05, 3.63) is 0 Å². The van der Waals surface area contributed by atoms with Crippen molar-refractivity contribution in [2.45, 2.75) is 38.6 Å². The normalized spacial score (nSPS) is 31.7. The van der Waals surface area contributed by atoms with Gasteiger partial charge < -0.3 is 11.1 Å². The van der Waals surface area contributed by atoms with Crippen molar-refractivity contribution in [1.82, 2.24) is 5.32 Å². The lowest BCUT2D eigenvalue weighted by Gasteiger charge is -2.27. The number of nitrogens with zero attached hydrogens (tertiary/aromatic N) is 1. The largest absolute Gasteiger partial charge is 0.370 e. The molecule has 1 rings (SSSR count). The first kappa shape index (κ1) is 9.36. The van der Waals surface area contributed by atoms with Gasteiger partial charge in [-0.25, -0.2) is 0 Å². The number of hydrogen-bond acceptors (Lipinski definition) is 1. The molecule has 1 fully saturated rings. The molecular weight excluding hydrogens is 150 g/mol. The topological polar surface area (TPSA) is 50.4 Å². The number of guanidine groups is 1. The van der Waals surface area contributed by atoms with Crippen molar-refractivity contribution < 1.29 is 0 Å². The summed E-state index contributed by atoms with van der Waals surface area (Å²) in [7, 11) is 1.72. The molecule has 1 aliphatic rings. The summed E-state index contributed by atoms with van der Waals surface area (Å²) >= 11 is 0. The SMILES string of the molecule is CN=C(N)NC1CCCC(C)C1. The third-order valence-corrected chi connectivity index (χ3v) is 2.53. The lowest BCUT2D eigenvalue weighted by Crippen LogP contribution is -2.42. The monoisotopic (exact) mass is 169 g/mol. The van der Waals surface area contributed by atoms with Crippen LogP contribution < -0.4 is 11.1 Å². The van der Waals surface area contributed by atoms with E-state index in [1.807, 2.05) is 0 Å². The van der Waals surface area contributed by atoms with Crippen molar-refractivity contribution in [2.24, 2.45) is 16.6 Å². The predicted octanol–water partition coefficient (Wildman–Crippen LogP) is 1.10. The van der Waals surface area contributed by atoms with Crippen LogP contribution in [0.4, 0.5) is 0 Å². The molecule has 3 N–H and O–H groups in total. The first-order valence-corrected chi connectivity index (χ1v) is 4.71. The van der Waals surface area contributed by atoms with Crippen molar-refractivity contribution >= 4 is 5.96 Å². The van der Waals surface area contributed by atoms with Gasteiger partial charge in [-0.05, 0) is 18.8 Å². The second kappa shape index (κ2) is 4.33. The van der Waals surface area contributed by atoms with Crippen molar-refractivity contribution in [3.8, 4) is 0 Å². The molecule has 2 unspecified atom stereocenters. The Labute approximate surface area is 74.4 Å². The summed E-state index contributed by atoms with van der Waals surface area (Å²) in [5.74, 6) is 1.41. The summed E-state index contributed by atoms with van der Waals surface area (Å²) in [6.07, 6.45) is 5.15. The zero-order valence-electron chi connectivity index (χ0n) is 8.01. The molecular formula is C9H19N3. The summed E-state index contributed by atoms with van der Waals surface area (Å²) in [5, 5.41) is 3.23. The first-order chi connectivity index (χ1) is 5.72. The average Bonchev–Trinajstić information content (AvgIpc) is 2.04. The Kier molecular flexibility index (Phi) is 3.38. The van der Waals surface area contributed by atoms with Crippen LogP contribution in [0.2, 0.25) is 0 Å². The van der Waals surface area contributed by atoms with Gasteiger partial charge in [-0.3, -0.25) is 4.99 Å². The maximum Gasteiger partial charge on any atom is 0.188 e. The van der Waals surface area contributed by atoms with E-state index in [4.69, 9.17) is 5.73 Å². The van der Waals surface area contributed by atoms with Crippen LogP contribution in [-0.2, 0) is 0 Å². The van der Waals surface area contributed by atoms with Gasteiger partial charge in [0.05, 0.1) is 0 Å². The minimum absolute atomic E-state index is 0.553. The molecule has 1 saturated carbocycles. The molecule has 0 bridgehead atoms. The maximum atomic E-state index is 5.59. The summed E-state index contributed by atoms with van der Waals surface area (Å²) in [5.41, 5.74) is 5.59. The molecule has 0 heterocycles. The van der Waals surface area contributed by atoms with E-state index in [1.165, 1.54) is 25.7 Å². The molecule has 0 radical (unpaired) electrons. The fourth-order valence-electron chi connectivity index (χ4n) is 1.84. The molecule has 0 aliphatic heterocycles. The molecule has 1 aliphatic carbocycles. The van der Waals surface area contributed by atoms with Gasteiger partial charge in [-0.15, -0.1) is 0 Å². The fraction of sp³-hybridized carbons (Fsp3) is 0.889.